The van der Waals surface area contributed by atoms with Crippen molar-refractivity contribution in [3.63, 3.8) is 0 Å². The van der Waals surface area contributed by atoms with Crippen molar-refractivity contribution in [3.05, 3.63) is 12.7 Å². The molecule has 1 saturated heterocycles. The van der Waals surface area contributed by atoms with Crippen LogP contribution in [0.5, 0.6) is 0 Å². The highest BCUT2D eigenvalue weighted by molar-refractivity contribution is 5.78. The summed E-state index contributed by atoms with van der Waals surface area (Å²) in [5, 5.41) is 3.32. The van der Waals surface area contributed by atoms with Gasteiger partial charge in [-0.05, 0) is 44.7 Å². The normalized spacial score (nSPS) is 21.0. The number of carbonyl (C=O) groups is 1. The highest BCUT2D eigenvalue weighted by atomic mass is 16.1. The van der Waals surface area contributed by atoms with Crippen molar-refractivity contribution in [3.8, 4) is 0 Å². The van der Waals surface area contributed by atoms with Crippen molar-refractivity contribution < 1.29 is 4.79 Å². The Kier molecular flexibility index (Phi) is 5.53. The fraction of sp³-hybridized carbons (Fsp3) is 0.750. The molecular weight excluding hydrogens is 174 g/mol. The average Bonchev–Trinajstić information content (AvgIpc) is 2.68. The Bertz CT molecular complexity index is 183. The average molecular weight is 195 g/mol. The van der Waals surface area contributed by atoms with Crippen molar-refractivity contribution in [2.45, 2.75) is 38.5 Å². The van der Waals surface area contributed by atoms with Crippen molar-refractivity contribution in [2.75, 3.05) is 13.1 Å². The van der Waals surface area contributed by atoms with Gasteiger partial charge in [-0.1, -0.05) is 6.08 Å². The Morgan fingerprint density at radius 1 is 1.50 bits per heavy atom. The molecule has 0 aromatic rings. The Balaban J connectivity index is 1.99. The molecule has 80 valence electrons. The summed E-state index contributed by atoms with van der Waals surface area (Å²) in [6.07, 6.45) is 7.69. The van der Waals surface area contributed by atoms with E-state index in [0.717, 1.165) is 51.1 Å². The van der Waals surface area contributed by atoms with E-state index in [-0.39, 0.29) is 0 Å². The van der Waals surface area contributed by atoms with Gasteiger partial charge in [0.2, 0.25) is 0 Å². The molecule has 0 aromatic heterocycles. The van der Waals surface area contributed by atoms with Gasteiger partial charge in [0.25, 0.3) is 0 Å². The molecule has 2 nitrogen and oxygen atoms in total. The van der Waals surface area contributed by atoms with Crippen LogP contribution in [-0.4, -0.2) is 18.9 Å². The summed E-state index contributed by atoms with van der Waals surface area (Å²) in [5.74, 6) is 1.18. The molecule has 0 aromatic carbocycles. The fourth-order valence-electron chi connectivity index (χ4n) is 1.89. The van der Waals surface area contributed by atoms with Crippen LogP contribution in [0.3, 0.4) is 0 Å². The number of ketones is 1. The highest BCUT2D eigenvalue weighted by Gasteiger charge is 2.15. The molecule has 14 heavy (non-hydrogen) atoms. The largest absolute Gasteiger partial charge is 0.316 e. The summed E-state index contributed by atoms with van der Waals surface area (Å²) in [4.78, 5) is 11.4. The van der Waals surface area contributed by atoms with E-state index in [9.17, 15) is 4.79 Å². The van der Waals surface area contributed by atoms with Crippen molar-refractivity contribution in [1.29, 1.82) is 0 Å². The van der Waals surface area contributed by atoms with Crippen molar-refractivity contribution >= 4 is 5.78 Å². The van der Waals surface area contributed by atoms with E-state index >= 15 is 0 Å². The second-order valence-corrected chi connectivity index (χ2v) is 4.12. The molecule has 0 radical (unpaired) electrons. The molecule has 0 amide bonds. The van der Waals surface area contributed by atoms with Crippen molar-refractivity contribution in [2.24, 2.45) is 5.92 Å². The van der Waals surface area contributed by atoms with Gasteiger partial charge in [0.15, 0.2) is 0 Å². The standard InChI is InChI=1S/C12H21NO/c1-2-3-4-5-12(14)7-6-11-8-9-13-10-11/h2,11,13H,1,3-10H2. The number of nitrogens with one attached hydrogen (secondary N) is 1. The van der Waals surface area contributed by atoms with Gasteiger partial charge in [0.1, 0.15) is 5.78 Å². The summed E-state index contributed by atoms with van der Waals surface area (Å²) in [6, 6.07) is 0. The van der Waals surface area contributed by atoms with Crippen LogP contribution in [0.4, 0.5) is 0 Å². The van der Waals surface area contributed by atoms with Crippen LogP contribution >= 0.6 is 0 Å². The maximum Gasteiger partial charge on any atom is 0.132 e. The minimum Gasteiger partial charge on any atom is -0.316 e. The first-order valence-corrected chi connectivity index (χ1v) is 5.66. The second-order valence-electron chi connectivity index (χ2n) is 4.12. The Morgan fingerprint density at radius 3 is 3.00 bits per heavy atom. The minimum absolute atomic E-state index is 0.429. The number of rotatable bonds is 7. The summed E-state index contributed by atoms with van der Waals surface area (Å²) in [6.45, 7) is 5.89. The first kappa shape index (κ1) is 11.4. The predicted octanol–water partition coefficient (Wildman–Crippen LogP) is 2.30. The monoisotopic (exact) mass is 195 g/mol. The maximum atomic E-state index is 11.4. The Labute approximate surface area is 86.8 Å². The van der Waals surface area contributed by atoms with Gasteiger partial charge in [-0.3, -0.25) is 4.79 Å². The summed E-state index contributed by atoms with van der Waals surface area (Å²) < 4.78 is 0. The van der Waals surface area contributed by atoms with Crippen LogP contribution < -0.4 is 5.32 Å². The van der Waals surface area contributed by atoms with Crippen molar-refractivity contribution in [1.82, 2.24) is 5.32 Å². The highest BCUT2D eigenvalue weighted by Crippen LogP contribution is 2.15. The van der Waals surface area contributed by atoms with Gasteiger partial charge in [-0.25, -0.2) is 0 Å². The van der Waals surface area contributed by atoms with E-state index in [1.54, 1.807) is 0 Å². The maximum absolute atomic E-state index is 11.4. The third-order valence-corrected chi connectivity index (χ3v) is 2.86. The smallest absolute Gasteiger partial charge is 0.132 e. The van der Waals surface area contributed by atoms with Crippen LogP contribution in [0, 0.1) is 5.92 Å². The van der Waals surface area contributed by atoms with E-state index in [1.165, 1.54) is 6.42 Å². The number of allylic oxidation sites excluding steroid dienone is 1. The van der Waals surface area contributed by atoms with Crippen LogP contribution in [0.15, 0.2) is 12.7 Å². The molecule has 1 rings (SSSR count). The van der Waals surface area contributed by atoms with Gasteiger partial charge < -0.3 is 5.32 Å². The summed E-state index contributed by atoms with van der Waals surface area (Å²) >= 11 is 0. The zero-order valence-electron chi connectivity index (χ0n) is 8.93. The predicted molar refractivity (Wildman–Crippen MR) is 59.3 cm³/mol. The molecule has 0 saturated carbocycles. The lowest BCUT2D eigenvalue weighted by atomic mass is 9.99. The lowest BCUT2D eigenvalue weighted by Crippen LogP contribution is -2.10. The molecule has 1 heterocycles. The minimum atomic E-state index is 0.429. The van der Waals surface area contributed by atoms with E-state index in [4.69, 9.17) is 0 Å². The molecule has 2 heteroatoms. The third-order valence-electron chi connectivity index (χ3n) is 2.86. The molecule has 1 N–H and O–H groups in total. The summed E-state index contributed by atoms with van der Waals surface area (Å²) in [7, 11) is 0. The van der Waals surface area contributed by atoms with Crippen LogP contribution in [0.1, 0.15) is 38.5 Å². The zero-order valence-corrected chi connectivity index (χ0v) is 8.93. The molecule has 0 bridgehead atoms. The molecular formula is C12H21NO. The van der Waals surface area contributed by atoms with Crippen LogP contribution in [0.2, 0.25) is 0 Å². The second kappa shape index (κ2) is 6.77. The molecule has 1 unspecified atom stereocenters. The first-order chi connectivity index (χ1) is 6.83. The molecule has 1 aliphatic heterocycles. The number of hydrogen-bond acceptors (Lipinski definition) is 2. The Hall–Kier alpha value is -0.630. The molecule has 1 aliphatic rings. The number of hydrogen-bond donors (Lipinski definition) is 1. The third kappa shape index (κ3) is 4.56. The fourth-order valence-corrected chi connectivity index (χ4v) is 1.89. The molecule has 0 aliphatic carbocycles. The van der Waals surface area contributed by atoms with E-state index in [2.05, 4.69) is 11.9 Å². The van der Waals surface area contributed by atoms with Crippen LogP contribution in [0.25, 0.3) is 0 Å². The quantitative estimate of drug-likeness (QED) is 0.499. The van der Waals surface area contributed by atoms with Gasteiger partial charge in [0.05, 0.1) is 0 Å². The van der Waals surface area contributed by atoms with E-state index < -0.39 is 0 Å². The van der Waals surface area contributed by atoms with E-state index in [0.29, 0.717) is 5.78 Å². The number of unbranched alkanes of at least 4 members (excludes halogenated alkanes) is 1. The van der Waals surface area contributed by atoms with Gasteiger partial charge >= 0.3 is 0 Å². The SMILES string of the molecule is C=CCCCC(=O)CCC1CCNC1. The molecule has 0 spiro atoms. The zero-order chi connectivity index (χ0) is 10.2. The van der Waals surface area contributed by atoms with Gasteiger partial charge in [-0.2, -0.15) is 0 Å². The Morgan fingerprint density at radius 2 is 2.36 bits per heavy atom. The topological polar surface area (TPSA) is 29.1 Å². The van der Waals surface area contributed by atoms with Gasteiger partial charge in [0, 0.05) is 12.8 Å². The lowest BCUT2D eigenvalue weighted by molar-refractivity contribution is -0.119. The van der Waals surface area contributed by atoms with E-state index in [1.807, 2.05) is 6.08 Å². The first-order valence-electron chi connectivity index (χ1n) is 5.66. The summed E-state index contributed by atoms with van der Waals surface area (Å²) in [5.41, 5.74) is 0. The molecule has 1 atom stereocenters. The van der Waals surface area contributed by atoms with Gasteiger partial charge in [-0.15, -0.1) is 6.58 Å². The lowest BCUT2D eigenvalue weighted by Gasteiger charge is -2.06. The number of carbonyl (C=O) groups excluding carboxylic acids is 1. The number of Topliss-reactive ketones (excluding diaryl/α,β-unsaturated/α-hetero) is 1. The molecule has 1 fully saturated rings. The van der Waals surface area contributed by atoms with Crippen LogP contribution in [-0.2, 0) is 4.79 Å².